The highest BCUT2D eigenvalue weighted by atomic mass is 35.5. The monoisotopic (exact) mass is 955 g/mol. The Hall–Kier alpha value is -3.66. The predicted molar refractivity (Wildman–Crippen MR) is 294 cm³/mol. The molecule has 0 bridgehead atoms. The van der Waals surface area contributed by atoms with E-state index in [-0.39, 0.29) is 24.8 Å². The molecule has 0 saturated heterocycles. The minimum absolute atomic E-state index is 0. The minimum atomic E-state index is 0. The Morgan fingerprint density at radius 1 is 0.279 bits per heavy atom. The second-order valence-electron chi connectivity index (χ2n) is 20.6. The van der Waals surface area contributed by atoms with Crippen LogP contribution < -0.4 is 34.6 Å². The lowest BCUT2D eigenvalue weighted by Crippen LogP contribution is -3.09. The van der Waals surface area contributed by atoms with Gasteiger partial charge in [-0.15, -0.1) is 0 Å². The topological polar surface area (TPSA) is 8.88 Å². The molecule has 68 heavy (non-hydrogen) atoms. The Morgan fingerprint density at radius 2 is 0.544 bits per heavy atom. The van der Waals surface area contributed by atoms with Gasteiger partial charge in [0.05, 0.1) is 40.3 Å². The van der Waals surface area contributed by atoms with Crippen molar-refractivity contribution in [2.75, 3.05) is 40.3 Å². The molecule has 8 aromatic rings. The lowest BCUT2D eigenvalue weighted by molar-refractivity contribution is -0.880. The van der Waals surface area contributed by atoms with Crippen molar-refractivity contribution in [1.29, 1.82) is 0 Å². The number of aryl methyl sites for hydroxylation is 2. The van der Waals surface area contributed by atoms with Crippen molar-refractivity contribution >= 4 is 64.6 Å². The molecule has 0 aliphatic carbocycles. The van der Waals surface area contributed by atoms with Gasteiger partial charge in [0.1, 0.15) is 0 Å². The summed E-state index contributed by atoms with van der Waals surface area (Å²) in [7, 11) is 4.77. The first-order valence-electron chi connectivity index (χ1n) is 27.5. The van der Waals surface area contributed by atoms with E-state index in [1.54, 1.807) is 9.80 Å². The first kappa shape index (κ1) is 55.3. The van der Waals surface area contributed by atoms with E-state index in [2.05, 4.69) is 137 Å². The van der Waals surface area contributed by atoms with E-state index < -0.39 is 0 Å². The molecule has 0 aromatic heterocycles. The molecule has 0 aliphatic rings. The molecule has 4 heteroatoms. The van der Waals surface area contributed by atoms with Gasteiger partial charge in [-0.2, -0.15) is 0 Å². The van der Waals surface area contributed by atoms with Crippen LogP contribution in [0.3, 0.4) is 0 Å². The summed E-state index contributed by atoms with van der Waals surface area (Å²) in [5, 5.41) is 17.0. The Bertz CT molecular complexity index is 2380. The van der Waals surface area contributed by atoms with E-state index in [9.17, 15) is 0 Å². The summed E-state index contributed by atoms with van der Waals surface area (Å²) in [4.78, 5) is 3.40. The molecule has 2 N–H and O–H groups in total. The fourth-order valence-electron chi connectivity index (χ4n) is 11.3. The average Bonchev–Trinajstić information content (AvgIpc) is 3.34. The molecule has 0 radical (unpaired) electrons. The van der Waals surface area contributed by atoms with E-state index in [1.807, 2.05) is 0 Å². The van der Waals surface area contributed by atoms with Crippen molar-refractivity contribution in [3.8, 4) is 0 Å². The standard InChI is InChI=1S/2C32H43N.2ClH/c2*1-3-4-5-6-7-8-9-10-11-12-24-33(2)25-14-17-26-18-19-29-21-20-27-15-13-16-28-22-23-30(26)32(29)31(27)28;;/h2*13,15-16,18-23H,3-12,14,17,24-25H2,1-2H3;2*1H. The lowest BCUT2D eigenvalue weighted by atomic mass is 9.91. The van der Waals surface area contributed by atoms with Gasteiger partial charge >= 0.3 is 0 Å². The predicted octanol–water partition coefficient (Wildman–Crippen LogP) is 9.91. The summed E-state index contributed by atoms with van der Waals surface area (Å²) in [5.41, 5.74) is 3.04. The normalized spacial score (nSPS) is 12.5. The highest BCUT2D eigenvalue weighted by molar-refractivity contribution is 6.24. The molecule has 368 valence electrons. The van der Waals surface area contributed by atoms with Crippen LogP contribution in [0.15, 0.2) is 109 Å². The van der Waals surface area contributed by atoms with Crippen molar-refractivity contribution in [2.24, 2.45) is 0 Å². The SMILES string of the molecule is CCCCCCCCCCCC[NH+](C)CCCc1ccc2ccc3cccc4ccc1c2c34.CCCCCCCCCCCC[NH+](C)CCCc1ccc2ccc3cccc4ccc1c2c34.[Cl-].[Cl-]. The number of quaternary nitrogens is 2. The number of nitrogens with one attached hydrogen (secondary N) is 2. The summed E-state index contributed by atoms with van der Waals surface area (Å²) >= 11 is 0. The molecule has 0 fully saturated rings. The van der Waals surface area contributed by atoms with E-state index >= 15 is 0 Å². The average molecular weight is 956 g/mol. The van der Waals surface area contributed by atoms with Crippen LogP contribution in [0.25, 0.3) is 64.6 Å². The van der Waals surface area contributed by atoms with Gasteiger partial charge in [0.2, 0.25) is 0 Å². The van der Waals surface area contributed by atoms with Crippen molar-refractivity contribution < 1.29 is 34.6 Å². The molecule has 8 aromatic carbocycles. The van der Waals surface area contributed by atoms with Gasteiger partial charge in [-0.25, -0.2) is 0 Å². The van der Waals surface area contributed by atoms with Gasteiger partial charge in [0.25, 0.3) is 0 Å². The first-order valence-corrected chi connectivity index (χ1v) is 27.5. The van der Waals surface area contributed by atoms with Gasteiger partial charge in [-0.1, -0.05) is 226 Å². The fraction of sp³-hybridized carbons (Fsp3) is 0.500. The van der Waals surface area contributed by atoms with Crippen LogP contribution in [0, 0.1) is 0 Å². The van der Waals surface area contributed by atoms with Crippen LogP contribution in [0.4, 0.5) is 0 Å². The molecular formula is C64H88Cl2N2. The maximum absolute atomic E-state index is 2.39. The van der Waals surface area contributed by atoms with Crippen molar-refractivity contribution in [3.05, 3.63) is 120 Å². The zero-order valence-electron chi connectivity index (χ0n) is 42.9. The van der Waals surface area contributed by atoms with E-state index in [0.717, 1.165) is 0 Å². The molecule has 0 amide bonds. The summed E-state index contributed by atoms with van der Waals surface area (Å²) in [6.07, 6.45) is 33.4. The van der Waals surface area contributed by atoms with Crippen molar-refractivity contribution in [3.63, 3.8) is 0 Å². The molecule has 2 nitrogen and oxygen atoms in total. The van der Waals surface area contributed by atoms with Crippen LogP contribution in [0.2, 0.25) is 0 Å². The maximum atomic E-state index is 2.39. The number of hydrogen-bond donors (Lipinski definition) is 2. The Labute approximate surface area is 425 Å². The van der Waals surface area contributed by atoms with Crippen LogP contribution in [0.5, 0.6) is 0 Å². The van der Waals surface area contributed by atoms with Crippen LogP contribution in [-0.2, 0) is 12.8 Å². The van der Waals surface area contributed by atoms with Crippen LogP contribution >= 0.6 is 0 Å². The highest BCUT2D eigenvalue weighted by Gasteiger charge is 2.13. The van der Waals surface area contributed by atoms with Crippen LogP contribution in [0.1, 0.15) is 166 Å². The summed E-state index contributed by atoms with van der Waals surface area (Å²) in [6.45, 7) is 9.81. The molecule has 0 spiro atoms. The zero-order valence-corrected chi connectivity index (χ0v) is 44.5. The fourth-order valence-corrected chi connectivity index (χ4v) is 11.3. The number of rotatable bonds is 30. The van der Waals surface area contributed by atoms with Gasteiger partial charge in [-0.3, -0.25) is 0 Å². The molecule has 0 saturated carbocycles. The van der Waals surface area contributed by atoms with Gasteiger partial charge < -0.3 is 34.6 Å². The van der Waals surface area contributed by atoms with E-state index in [1.165, 1.54) is 256 Å². The lowest BCUT2D eigenvalue weighted by Gasteiger charge is -2.16. The quantitative estimate of drug-likeness (QED) is 0.0329. The Morgan fingerprint density at radius 3 is 0.882 bits per heavy atom. The number of halogens is 2. The maximum Gasteiger partial charge on any atom is 0.0772 e. The van der Waals surface area contributed by atoms with Gasteiger partial charge in [-0.05, 0) is 114 Å². The molecule has 2 unspecified atom stereocenters. The molecule has 0 heterocycles. The molecule has 0 aliphatic heterocycles. The van der Waals surface area contributed by atoms with Crippen LogP contribution in [-0.4, -0.2) is 40.3 Å². The Balaban J connectivity index is 0.000000247. The van der Waals surface area contributed by atoms with Crippen molar-refractivity contribution in [2.45, 2.75) is 168 Å². The third kappa shape index (κ3) is 15.7. The first-order chi connectivity index (χ1) is 32.6. The van der Waals surface area contributed by atoms with Gasteiger partial charge in [0.15, 0.2) is 0 Å². The largest absolute Gasteiger partial charge is 1.00 e. The summed E-state index contributed by atoms with van der Waals surface area (Å²) in [6, 6.07) is 41.3. The number of benzene rings is 8. The smallest absolute Gasteiger partial charge is 0.0772 e. The van der Waals surface area contributed by atoms with Crippen molar-refractivity contribution in [1.82, 2.24) is 0 Å². The second-order valence-corrected chi connectivity index (χ2v) is 20.6. The highest BCUT2D eigenvalue weighted by Crippen LogP contribution is 2.37. The Kier molecular flexibility index (Phi) is 24.5. The number of unbranched alkanes of at least 4 members (excludes halogenated alkanes) is 18. The molecule has 8 rings (SSSR count). The van der Waals surface area contributed by atoms with E-state index in [4.69, 9.17) is 0 Å². The zero-order chi connectivity index (χ0) is 45.8. The summed E-state index contributed by atoms with van der Waals surface area (Å²) in [5.74, 6) is 0. The second kappa shape index (κ2) is 30.2. The molecular weight excluding hydrogens is 868 g/mol. The third-order valence-electron chi connectivity index (χ3n) is 15.3. The molecule has 2 atom stereocenters. The number of hydrogen-bond acceptors (Lipinski definition) is 0. The van der Waals surface area contributed by atoms with Gasteiger partial charge in [0, 0.05) is 12.8 Å². The minimum Gasteiger partial charge on any atom is -1.00 e. The third-order valence-corrected chi connectivity index (χ3v) is 15.3. The van der Waals surface area contributed by atoms with E-state index in [0.29, 0.717) is 0 Å². The summed E-state index contributed by atoms with van der Waals surface area (Å²) < 4.78 is 0.